The van der Waals surface area contributed by atoms with Crippen molar-refractivity contribution < 1.29 is 4.79 Å². The molecule has 1 atom stereocenters. The third kappa shape index (κ3) is 2.64. The van der Waals surface area contributed by atoms with Crippen molar-refractivity contribution in [2.45, 2.75) is 13.3 Å². The van der Waals surface area contributed by atoms with Crippen LogP contribution in [0.15, 0.2) is 60.3 Å². The Bertz CT molecular complexity index is 641. The van der Waals surface area contributed by atoms with E-state index in [-0.39, 0.29) is 11.8 Å². The van der Waals surface area contributed by atoms with Crippen LogP contribution < -0.4 is 5.32 Å². The third-order valence-corrected chi connectivity index (χ3v) is 3.62. The van der Waals surface area contributed by atoms with Gasteiger partial charge in [-0.25, -0.2) is 0 Å². The van der Waals surface area contributed by atoms with Crippen LogP contribution in [0.25, 0.3) is 17.2 Å². The van der Waals surface area contributed by atoms with Crippen molar-refractivity contribution in [3.63, 3.8) is 0 Å². The largest absolute Gasteiger partial charge is 0.330 e. The Kier molecular flexibility index (Phi) is 3.38. The monoisotopic (exact) mass is 263 g/mol. The number of rotatable bonds is 2. The first-order chi connectivity index (χ1) is 9.72. The van der Waals surface area contributed by atoms with Crippen LogP contribution in [0.2, 0.25) is 0 Å². The van der Waals surface area contributed by atoms with Crippen molar-refractivity contribution in [2.75, 3.05) is 0 Å². The van der Waals surface area contributed by atoms with E-state index in [4.69, 9.17) is 0 Å². The average Bonchev–Trinajstić information content (AvgIpc) is 2.79. The first-order valence-electron chi connectivity index (χ1n) is 6.89. The first-order valence-corrected chi connectivity index (χ1v) is 6.89. The fourth-order valence-corrected chi connectivity index (χ4v) is 2.45. The number of hydrogen-bond donors (Lipinski definition) is 1. The quantitative estimate of drug-likeness (QED) is 0.876. The van der Waals surface area contributed by atoms with Gasteiger partial charge in [-0.1, -0.05) is 61.5 Å². The van der Waals surface area contributed by atoms with E-state index >= 15 is 0 Å². The maximum absolute atomic E-state index is 11.5. The Labute approximate surface area is 119 Å². The second-order valence-electron chi connectivity index (χ2n) is 5.25. The molecule has 1 aliphatic rings. The second kappa shape index (κ2) is 5.33. The zero-order valence-electron chi connectivity index (χ0n) is 11.5. The van der Waals surface area contributed by atoms with Gasteiger partial charge in [0.2, 0.25) is 5.91 Å². The van der Waals surface area contributed by atoms with E-state index in [9.17, 15) is 4.79 Å². The summed E-state index contributed by atoms with van der Waals surface area (Å²) in [5, 5.41) is 2.92. The fraction of sp³-hybridized carbons (Fsp3) is 0.167. The van der Waals surface area contributed by atoms with Crippen LogP contribution in [0.1, 0.15) is 18.9 Å². The molecule has 1 unspecified atom stereocenters. The molecule has 1 saturated heterocycles. The molecule has 0 spiro atoms. The third-order valence-electron chi connectivity index (χ3n) is 3.62. The molecular weight excluding hydrogens is 246 g/mol. The number of allylic oxidation sites excluding steroid dienone is 1. The molecule has 2 aromatic carbocycles. The predicted molar refractivity (Wildman–Crippen MR) is 81.8 cm³/mol. The molecule has 0 saturated carbocycles. The van der Waals surface area contributed by atoms with Crippen molar-refractivity contribution in [1.29, 1.82) is 0 Å². The Morgan fingerprint density at radius 3 is 2.25 bits per heavy atom. The molecule has 2 aromatic rings. The van der Waals surface area contributed by atoms with Gasteiger partial charge < -0.3 is 5.32 Å². The lowest BCUT2D eigenvalue weighted by Gasteiger charge is -2.03. The van der Waals surface area contributed by atoms with Gasteiger partial charge in [0.25, 0.3) is 0 Å². The molecule has 0 bridgehead atoms. The molecule has 1 heterocycles. The minimum atomic E-state index is 0.0878. The number of carbonyl (C=O) groups excluding carboxylic acids is 1. The average molecular weight is 263 g/mol. The molecule has 0 radical (unpaired) electrons. The minimum absolute atomic E-state index is 0.0878. The van der Waals surface area contributed by atoms with Gasteiger partial charge in [-0.2, -0.15) is 0 Å². The summed E-state index contributed by atoms with van der Waals surface area (Å²) in [6.07, 6.45) is 2.86. The topological polar surface area (TPSA) is 29.1 Å². The Hall–Kier alpha value is -2.35. The van der Waals surface area contributed by atoms with Crippen LogP contribution in [0.5, 0.6) is 0 Å². The van der Waals surface area contributed by atoms with Gasteiger partial charge in [-0.15, -0.1) is 0 Å². The number of carbonyl (C=O) groups is 1. The summed E-state index contributed by atoms with van der Waals surface area (Å²) in [5.41, 5.74) is 4.55. The zero-order chi connectivity index (χ0) is 13.9. The van der Waals surface area contributed by atoms with E-state index in [1.54, 1.807) is 0 Å². The van der Waals surface area contributed by atoms with E-state index in [0.717, 1.165) is 17.7 Å². The van der Waals surface area contributed by atoms with Crippen molar-refractivity contribution in [3.8, 4) is 11.1 Å². The van der Waals surface area contributed by atoms with Crippen molar-refractivity contribution in [1.82, 2.24) is 5.32 Å². The first kappa shape index (κ1) is 12.7. The number of nitrogens with one attached hydrogen (secondary N) is 1. The summed E-state index contributed by atoms with van der Waals surface area (Å²) in [7, 11) is 0. The van der Waals surface area contributed by atoms with Crippen LogP contribution in [0.3, 0.4) is 0 Å². The smallest absolute Gasteiger partial charge is 0.227 e. The predicted octanol–water partition coefficient (Wildman–Crippen LogP) is 3.85. The summed E-state index contributed by atoms with van der Waals surface area (Å²) in [6, 6.07) is 18.7. The summed E-state index contributed by atoms with van der Waals surface area (Å²) in [4.78, 5) is 11.5. The maximum Gasteiger partial charge on any atom is 0.227 e. The summed E-state index contributed by atoms with van der Waals surface area (Å²) in [5.74, 6) is 0.210. The minimum Gasteiger partial charge on any atom is -0.330 e. The van der Waals surface area contributed by atoms with Crippen LogP contribution >= 0.6 is 0 Å². The highest BCUT2D eigenvalue weighted by Crippen LogP contribution is 2.23. The lowest BCUT2D eigenvalue weighted by Crippen LogP contribution is -2.16. The van der Waals surface area contributed by atoms with Crippen LogP contribution in [-0.2, 0) is 4.79 Å². The van der Waals surface area contributed by atoms with Crippen LogP contribution in [-0.4, -0.2) is 5.91 Å². The summed E-state index contributed by atoms with van der Waals surface area (Å²) in [6.45, 7) is 1.95. The summed E-state index contributed by atoms with van der Waals surface area (Å²) >= 11 is 0. The van der Waals surface area contributed by atoms with Gasteiger partial charge in [0.15, 0.2) is 0 Å². The molecule has 2 nitrogen and oxygen atoms in total. The molecule has 3 rings (SSSR count). The van der Waals surface area contributed by atoms with E-state index in [0.29, 0.717) is 0 Å². The van der Waals surface area contributed by atoms with Crippen molar-refractivity contribution in [3.05, 3.63) is 65.9 Å². The molecule has 1 N–H and O–H groups in total. The van der Waals surface area contributed by atoms with Crippen molar-refractivity contribution >= 4 is 12.0 Å². The highest BCUT2D eigenvalue weighted by Gasteiger charge is 2.22. The normalized spacial score (nSPS) is 20.1. The highest BCUT2D eigenvalue weighted by molar-refractivity contribution is 5.85. The standard InChI is InChI=1S/C18H17NO/c1-13-11-17(19-18(13)20)12-14-7-9-16(10-8-14)15-5-3-2-4-6-15/h2-10,12-13H,11H2,1H3,(H,19,20)/b17-12+. The molecule has 0 aliphatic carbocycles. The van der Waals surface area contributed by atoms with Gasteiger partial charge in [0, 0.05) is 11.6 Å². The van der Waals surface area contributed by atoms with Crippen LogP contribution in [0.4, 0.5) is 0 Å². The van der Waals surface area contributed by atoms with Gasteiger partial charge >= 0.3 is 0 Å². The molecule has 1 aliphatic heterocycles. The van der Waals surface area contributed by atoms with Gasteiger partial charge in [-0.3, -0.25) is 4.79 Å². The fourth-order valence-electron chi connectivity index (χ4n) is 2.45. The molecule has 0 aromatic heterocycles. The summed E-state index contributed by atoms with van der Waals surface area (Å²) < 4.78 is 0. The highest BCUT2D eigenvalue weighted by atomic mass is 16.2. The van der Waals surface area contributed by atoms with Gasteiger partial charge in [0.05, 0.1) is 0 Å². The SMILES string of the molecule is CC1C/C(=C\c2ccc(-c3ccccc3)cc2)NC1=O. The molecule has 100 valence electrons. The lowest BCUT2D eigenvalue weighted by molar-refractivity contribution is -0.121. The molecule has 1 amide bonds. The van der Waals surface area contributed by atoms with E-state index in [2.05, 4.69) is 47.8 Å². The number of benzene rings is 2. The van der Waals surface area contributed by atoms with Crippen LogP contribution in [0, 0.1) is 5.92 Å². The lowest BCUT2D eigenvalue weighted by atomic mass is 10.0. The van der Waals surface area contributed by atoms with E-state index in [1.807, 2.05) is 25.1 Å². The number of amides is 1. The maximum atomic E-state index is 11.5. The molecule has 2 heteroatoms. The van der Waals surface area contributed by atoms with Gasteiger partial charge in [0.1, 0.15) is 0 Å². The number of hydrogen-bond acceptors (Lipinski definition) is 1. The molecule has 1 fully saturated rings. The van der Waals surface area contributed by atoms with E-state index < -0.39 is 0 Å². The molecule has 20 heavy (non-hydrogen) atoms. The Morgan fingerprint density at radius 2 is 1.65 bits per heavy atom. The second-order valence-corrected chi connectivity index (χ2v) is 5.25. The van der Waals surface area contributed by atoms with E-state index in [1.165, 1.54) is 11.1 Å². The Morgan fingerprint density at radius 1 is 1.00 bits per heavy atom. The van der Waals surface area contributed by atoms with Gasteiger partial charge in [-0.05, 0) is 29.2 Å². The molecular formula is C18H17NO. The Balaban J connectivity index is 1.81. The zero-order valence-corrected chi connectivity index (χ0v) is 11.5. The van der Waals surface area contributed by atoms with Crippen molar-refractivity contribution in [2.24, 2.45) is 5.92 Å².